The van der Waals surface area contributed by atoms with Gasteiger partial charge in [-0.1, -0.05) is 12.5 Å². The largest absolute Gasteiger partial charge is 0.390 e. The summed E-state index contributed by atoms with van der Waals surface area (Å²) in [4.78, 5) is 11.6. The highest BCUT2D eigenvalue weighted by atomic mass is 16.3. The maximum atomic E-state index is 11.6. The molecule has 0 amide bonds. The molecule has 2 saturated carbocycles. The van der Waals surface area contributed by atoms with Crippen molar-refractivity contribution in [2.75, 3.05) is 0 Å². The summed E-state index contributed by atoms with van der Waals surface area (Å²) >= 11 is 0. The highest BCUT2D eigenvalue weighted by Crippen LogP contribution is 2.56. The third-order valence-corrected chi connectivity index (χ3v) is 6.67. The summed E-state index contributed by atoms with van der Waals surface area (Å²) in [5.74, 6) is 2.51. The van der Waals surface area contributed by atoms with Gasteiger partial charge >= 0.3 is 0 Å². The minimum atomic E-state index is -0.587. The molecular formula is C18H28O2. The van der Waals surface area contributed by atoms with Crippen molar-refractivity contribution < 1.29 is 9.90 Å². The fourth-order valence-electron chi connectivity index (χ4n) is 4.92. The number of hydrogen-bond donors (Lipinski definition) is 1. The highest BCUT2D eigenvalue weighted by Gasteiger charge is 2.49. The standard InChI is InChI=1S/C18H28O2/c1-17(2,20)18(3)9-8-16-13(11-18)5-4-12-10-14(19)6-7-15(12)16/h10,13,15-16,20H,4-9,11H2,1-3H3/t13-,15-,16-,18+/m0/s1. The van der Waals surface area contributed by atoms with Crippen molar-refractivity contribution in [1.29, 1.82) is 0 Å². The lowest BCUT2D eigenvalue weighted by Crippen LogP contribution is -2.48. The summed E-state index contributed by atoms with van der Waals surface area (Å²) < 4.78 is 0. The molecule has 0 bridgehead atoms. The third kappa shape index (κ3) is 2.26. The predicted octanol–water partition coefficient (Wildman–Crippen LogP) is 3.88. The molecule has 112 valence electrons. The van der Waals surface area contributed by atoms with Gasteiger partial charge in [-0.05, 0) is 81.6 Å². The minimum absolute atomic E-state index is 0.0554. The summed E-state index contributed by atoms with van der Waals surface area (Å²) in [6.07, 6.45) is 9.60. The normalized spacial score (nSPS) is 41.7. The molecule has 4 atom stereocenters. The number of hydrogen-bond acceptors (Lipinski definition) is 2. The average molecular weight is 276 g/mol. The van der Waals surface area contributed by atoms with Crippen LogP contribution in [0, 0.1) is 23.2 Å². The van der Waals surface area contributed by atoms with Crippen molar-refractivity contribution in [2.45, 2.75) is 71.3 Å². The summed E-state index contributed by atoms with van der Waals surface area (Å²) in [6, 6.07) is 0. The molecule has 0 aliphatic heterocycles. The van der Waals surface area contributed by atoms with E-state index in [1.807, 2.05) is 19.9 Å². The van der Waals surface area contributed by atoms with E-state index in [1.54, 1.807) is 0 Å². The van der Waals surface area contributed by atoms with Crippen molar-refractivity contribution in [3.8, 4) is 0 Å². The Hall–Kier alpha value is -0.630. The first-order chi connectivity index (χ1) is 9.30. The van der Waals surface area contributed by atoms with Crippen molar-refractivity contribution in [1.82, 2.24) is 0 Å². The molecule has 20 heavy (non-hydrogen) atoms. The molecule has 0 aromatic rings. The van der Waals surface area contributed by atoms with Gasteiger partial charge in [0.05, 0.1) is 5.60 Å². The summed E-state index contributed by atoms with van der Waals surface area (Å²) in [5.41, 5.74) is 0.908. The number of allylic oxidation sites excluding steroid dienone is 2. The van der Waals surface area contributed by atoms with E-state index in [2.05, 4.69) is 6.92 Å². The lowest BCUT2D eigenvalue weighted by atomic mass is 9.53. The Bertz CT molecular complexity index is 443. The Balaban J connectivity index is 1.79. The Labute approximate surface area is 122 Å². The smallest absolute Gasteiger partial charge is 0.155 e. The van der Waals surface area contributed by atoms with Crippen LogP contribution in [0.15, 0.2) is 11.6 Å². The monoisotopic (exact) mass is 276 g/mol. The van der Waals surface area contributed by atoms with E-state index in [0.717, 1.165) is 43.9 Å². The first-order valence-corrected chi connectivity index (χ1v) is 8.26. The minimum Gasteiger partial charge on any atom is -0.390 e. The summed E-state index contributed by atoms with van der Waals surface area (Å²) in [5, 5.41) is 10.5. The predicted molar refractivity (Wildman–Crippen MR) is 80.3 cm³/mol. The first-order valence-electron chi connectivity index (χ1n) is 8.26. The Morgan fingerprint density at radius 1 is 1.25 bits per heavy atom. The van der Waals surface area contributed by atoms with Crippen LogP contribution in [-0.4, -0.2) is 16.5 Å². The van der Waals surface area contributed by atoms with Crippen molar-refractivity contribution in [3.05, 3.63) is 11.6 Å². The second kappa shape index (κ2) is 4.69. The molecule has 3 rings (SSSR count). The second-order valence-electron chi connectivity index (χ2n) is 8.16. The van der Waals surface area contributed by atoms with Crippen molar-refractivity contribution in [2.24, 2.45) is 23.2 Å². The molecule has 0 spiro atoms. The molecule has 3 aliphatic carbocycles. The van der Waals surface area contributed by atoms with E-state index in [9.17, 15) is 9.90 Å². The molecule has 1 N–H and O–H groups in total. The number of fused-ring (bicyclic) bond motifs is 3. The number of ketones is 1. The van der Waals surface area contributed by atoms with E-state index < -0.39 is 5.60 Å². The van der Waals surface area contributed by atoms with Gasteiger partial charge in [0.2, 0.25) is 0 Å². The van der Waals surface area contributed by atoms with E-state index in [0.29, 0.717) is 11.7 Å². The molecular weight excluding hydrogens is 248 g/mol. The molecule has 0 radical (unpaired) electrons. The average Bonchev–Trinajstić information content (AvgIpc) is 2.36. The Morgan fingerprint density at radius 2 is 2.00 bits per heavy atom. The molecule has 0 aromatic carbocycles. The SMILES string of the molecule is CC(C)(O)[C@]1(C)CC[C@H]2[C@@H](CCC3=CC(=O)CC[C@@H]32)C1. The van der Waals surface area contributed by atoms with Crippen LogP contribution in [0.4, 0.5) is 0 Å². The number of carbonyl (C=O) groups is 1. The Morgan fingerprint density at radius 3 is 2.70 bits per heavy atom. The van der Waals surface area contributed by atoms with Gasteiger partial charge in [-0.25, -0.2) is 0 Å². The quantitative estimate of drug-likeness (QED) is 0.789. The maximum Gasteiger partial charge on any atom is 0.155 e. The molecule has 0 aromatic heterocycles. The van der Waals surface area contributed by atoms with Crippen molar-refractivity contribution in [3.63, 3.8) is 0 Å². The summed E-state index contributed by atoms with van der Waals surface area (Å²) in [7, 11) is 0. The maximum absolute atomic E-state index is 11.6. The lowest BCUT2D eigenvalue weighted by Gasteiger charge is -2.53. The summed E-state index contributed by atoms with van der Waals surface area (Å²) in [6.45, 7) is 6.21. The van der Waals surface area contributed by atoms with Crippen LogP contribution in [0.5, 0.6) is 0 Å². The van der Waals surface area contributed by atoms with Crippen LogP contribution < -0.4 is 0 Å². The van der Waals surface area contributed by atoms with Gasteiger partial charge in [-0.2, -0.15) is 0 Å². The zero-order valence-electron chi connectivity index (χ0n) is 13.1. The fraction of sp³-hybridized carbons (Fsp3) is 0.833. The Kier molecular flexibility index (Phi) is 3.36. The highest BCUT2D eigenvalue weighted by molar-refractivity contribution is 5.91. The van der Waals surface area contributed by atoms with Crippen LogP contribution >= 0.6 is 0 Å². The molecule has 2 fully saturated rings. The molecule has 2 heteroatoms. The fourth-order valence-corrected chi connectivity index (χ4v) is 4.92. The first kappa shape index (κ1) is 14.3. The van der Waals surface area contributed by atoms with Crippen LogP contribution in [0.1, 0.15) is 65.7 Å². The van der Waals surface area contributed by atoms with E-state index >= 15 is 0 Å². The van der Waals surface area contributed by atoms with Crippen molar-refractivity contribution >= 4 is 5.78 Å². The van der Waals surface area contributed by atoms with Crippen LogP contribution in [0.3, 0.4) is 0 Å². The number of aliphatic hydroxyl groups is 1. The number of rotatable bonds is 1. The van der Waals surface area contributed by atoms with Gasteiger partial charge in [0.1, 0.15) is 0 Å². The zero-order chi connectivity index (χ0) is 14.5. The molecule has 0 unspecified atom stereocenters. The molecule has 2 nitrogen and oxygen atoms in total. The zero-order valence-corrected chi connectivity index (χ0v) is 13.1. The van der Waals surface area contributed by atoms with Crippen LogP contribution in [0.2, 0.25) is 0 Å². The van der Waals surface area contributed by atoms with Gasteiger partial charge in [0.15, 0.2) is 5.78 Å². The van der Waals surface area contributed by atoms with Gasteiger partial charge in [0, 0.05) is 6.42 Å². The molecule has 0 heterocycles. The van der Waals surface area contributed by atoms with Gasteiger partial charge in [-0.3, -0.25) is 4.79 Å². The topological polar surface area (TPSA) is 37.3 Å². The third-order valence-electron chi connectivity index (χ3n) is 6.67. The van der Waals surface area contributed by atoms with Gasteiger partial charge in [-0.15, -0.1) is 0 Å². The van der Waals surface area contributed by atoms with E-state index in [4.69, 9.17) is 0 Å². The molecule has 3 aliphatic rings. The lowest BCUT2D eigenvalue weighted by molar-refractivity contribution is -0.116. The van der Waals surface area contributed by atoms with E-state index in [1.165, 1.54) is 18.4 Å². The van der Waals surface area contributed by atoms with Crippen LogP contribution in [0.25, 0.3) is 0 Å². The van der Waals surface area contributed by atoms with Crippen LogP contribution in [-0.2, 0) is 4.79 Å². The second-order valence-corrected chi connectivity index (χ2v) is 8.16. The van der Waals surface area contributed by atoms with E-state index in [-0.39, 0.29) is 5.41 Å². The van der Waals surface area contributed by atoms with Gasteiger partial charge in [0.25, 0.3) is 0 Å². The molecule has 0 saturated heterocycles. The number of carbonyl (C=O) groups excluding carboxylic acids is 1. The van der Waals surface area contributed by atoms with Gasteiger partial charge < -0.3 is 5.11 Å².